The third kappa shape index (κ3) is 3.24. The van der Waals surface area contributed by atoms with Gasteiger partial charge in [-0.15, -0.1) is 0 Å². The molecule has 1 aliphatic carbocycles. The van der Waals surface area contributed by atoms with Crippen LogP contribution in [0.1, 0.15) is 24.8 Å². The van der Waals surface area contributed by atoms with Gasteiger partial charge in [-0.05, 0) is 37.0 Å². The summed E-state index contributed by atoms with van der Waals surface area (Å²) in [6, 6.07) is 15.9. The summed E-state index contributed by atoms with van der Waals surface area (Å²) in [5.41, 5.74) is 2.03. The first-order valence-corrected chi connectivity index (χ1v) is 10.2. The van der Waals surface area contributed by atoms with E-state index in [1.807, 2.05) is 47.4 Å². The predicted octanol–water partition coefficient (Wildman–Crippen LogP) is 3.47. The monoisotopic (exact) mass is 378 g/mol. The summed E-state index contributed by atoms with van der Waals surface area (Å²) in [5.74, 6) is 2.53. The molecule has 3 aliphatic rings. The Morgan fingerprint density at radius 1 is 1.11 bits per heavy atom. The molecule has 28 heavy (non-hydrogen) atoms. The quantitative estimate of drug-likeness (QED) is 0.799. The van der Waals surface area contributed by atoms with Crippen molar-refractivity contribution in [2.45, 2.75) is 38.0 Å². The Morgan fingerprint density at radius 2 is 1.89 bits per heavy atom. The second-order valence-electron chi connectivity index (χ2n) is 8.09. The Bertz CT molecular complexity index is 880. The SMILES string of the molecule is COc1ccccc1CN1CC2CC1C(=O)N(CC1CC1)c1ccccc1O2. The van der Waals surface area contributed by atoms with Crippen LogP contribution in [-0.4, -0.2) is 43.2 Å². The Labute approximate surface area is 165 Å². The Balaban J connectivity index is 1.46. The molecule has 1 saturated heterocycles. The molecule has 0 N–H and O–H groups in total. The summed E-state index contributed by atoms with van der Waals surface area (Å²) in [5, 5.41) is 0. The molecule has 2 fully saturated rings. The van der Waals surface area contributed by atoms with Crippen LogP contribution in [0.5, 0.6) is 11.5 Å². The number of rotatable bonds is 5. The van der Waals surface area contributed by atoms with Gasteiger partial charge in [0.1, 0.15) is 17.6 Å². The third-order valence-corrected chi connectivity index (χ3v) is 6.07. The molecule has 2 aromatic rings. The Kier molecular flexibility index (Phi) is 4.47. The highest BCUT2D eigenvalue weighted by atomic mass is 16.5. The zero-order chi connectivity index (χ0) is 19.1. The molecule has 1 saturated carbocycles. The summed E-state index contributed by atoms with van der Waals surface area (Å²) >= 11 is 0. The molecular formula is C23H26N2O3. The van der Waals surface area contributed by atoms with Gasteiger partial charge in [0.2, 0.25) is 5.91 Å². The van der Waals surface area contributed by atoms with Gasteiger partial charge in [-0.25, -0.2) is 0 Å². The number of para-hydroxylation sites is 3. The van der Waals surface area contributed by atoms with Crippen LogP contribution in [0.15, 0.2) is 48.5 Å². The minimum Gasteiger partial charge on any atom is -0.496 e. The van der Waals surface area contributed by atoms with Gasteiger partial charge in [-0.1, -0.05) is 30.3 Å². The molecule has 1 amide bonds. The number of methoxy groups -OCH3 is 1. The van der Waals surface area contributed by atoms with E-state index in [9.17, 15) is 4.79 Å². The highest BCUT2D eigenvalue weighted by molar-refractivity contribution is 5.99. The molecule has 5 rings (SSSR count). The van der Waals surface area contributed by atoms with Crippen LogP contribution < -0.4 is 14.4 Å². The summed E-state index contributed by atoms with van der Waals surface area (Å²) in [6.07, 6.45) is 3.20. The number of hydrogen-bond donors (Lipinski definition) is 0. The molecule has 2 atom stereocenters. The molecule has 2 aromatic carbocycles. The van der Waals surface area contributed by atoms with E-state index in [4.69, 9.17) is 9.47 Å². The maximum absolute atomic E-state index is 13.6. The third-order valence-electron chi connectivity index (χ3n) is 6.07. The molecule has 5 heteroatoms. The fourth-order valence-corrected chi connectivity index (χ4v) is 4.44. The van der Waals surface area contributed by atoms with Gasteiger partial charge in [0.25, 0.3) is 0 Å². The average molecular weight is 378 g/mol. The lowest BCUT2D eigenvalue weighted by Gasteiger charge is -2.32. The van der Waals surface area contributed by atoms with Gasteiger partial charge in [0, 0.05) is 31.6 Å². The molecule has 2 bridgehead atoms. The number of carbonyl (C=O) groups is 1. The highest BCUT2D eigenvalue weighted by Crippen LogP contribution is 2.40. The smallest absolute Gasteiger partial charge is 0.244 e. The number of carbonyl (C=O) groups excluding carboxylic acids is 1. The standard InChI is InChI=1S/C23H26N2O3/c1-27-21-8-4-2-6-17(21)14-24-15-18-12-20(24)23(26)25(13-16-10-11-16)19-7-3-5-9-22(19)28-18/h2-9,16,18,20H,10-15H2,1H3. The average Bonchev–Trinajstić information content (AvgIpc) is 3.45. The van der Waals surface area contributed by atoms with E-state index in [-0.39, 0.29) is 18.1 Å². The lowest BCUT2D eigenvalue weighted by Crippen LogP contribution is -2.46. The summed E-state index contributed by atoms with van der Waals surface area (Å²) in [4.78, 5) is 17.9. The first-order chi connectivity index (χ1) is 13.7. The minimum atomic E-state index is -0.151. The van der Waals surface area contributed by atoms with Crippen LogP contribution in [0.25, 0.3) is 0 Å². The van der Waals surface area contributed by atoms with E-state index < -0.39 is 0 Å². The summed E-state index contributed by atoms with van der Waals surface area (Å²) in [6.45, 7) is 2.23. The van der Waals surface area contributed by atoms with Crippen LogP contribution in [0.4, 0.5) is 5.69 Å². The first-order valence-electron chi connectivity index (χ1n) is 10.2. The van der Waals surface area contributed by atoms with Crippen molar-refractivity contribution in [2.24, 2.45) is 5.92 Å². The van der Waals surface area contributed by atoms with E-state index in [2.05, 4.69) is 11.0 Å². The number of anilines is 1. The molecule has 0 radical (unpaired) electrons. The zero-order valence-corrected chi connectivity index (χ0v) is 16.2. The van der Waals surface area contributed by atoms with Crippen molar-refractivity contribution >= 4 is 11.6 Å². The summed E-state index contributed by atoms with van der Waals surface area (Å²) < 4.78 is 11.9. The number of hydrogen-bond acceptors (Lipinski definition) is 4. The van der Waals surface area contributed by atoms with Gasteiger partial charge in [-0.3, -0.25) is 9.69 Å². The first kappa shape index (κ1) is 17.6. The van der Waals surface area contributed by atoms with Gasteiger partial charge < -0.3 is 14.4 Å². The van der Waals surface area contributed by atoms with Crippen LogP contribution >= 0.6 is 0 Å². The van der Waals surface area contributed by atoms with Gasteiger partial charge in [-0.2, -0.15) is 0 Å². The fourth-order valence-electron chi connectivity index (χ4n) is 4.44. The van der Waals surface area contributed by atoms with Gasteiger partial charge in [0.15, 0.2) is 0 Å². The van der Waals surface area contributed by atoms with Crippen LogP contribution in [0, 0.1) is 5.92 Å². The minimum absolute atomic E-state index is 0.0351. The molecular weight excluding hydrogens is 352 g/mol. The van der Waals surface area contributed by atoms with Gasteiger partial charge >= 0.3 is 0 Å². The second kappa shape index (κ2) is 7.13. The van der Waals surface area contributed by atoms with Crippen molar-refractivity contribution in [1.82, 2.24) is 4.90 Å². The predicted molar refractivity (Wildman–Crippen MR) is 108 cm³/mol. The van der Waals surface area contributed by atoms with E-state index >= 15 is 0 Å². The lowest BCUT2D eigenvalue weighted by molar-refractivity contribution is -0.123. The molecule has 2 aliphatic heterocycles. The van der Waals surface area contributed by atoms with Gasteiger partial charge in [0.05, 0.1) is 18.8 Å². The molecule has 0 aromatic heterocycles. The molecule has 2 unspecified atom stereocenters. The number of fused-ring (bicyclic) bond motifs is 3. The molecule has 0 spiro atoms. The van der Waals surface area contributed by atoms with Crippen molar-refractivity contribution in [3.05, 3.63) is 54.1 Å². The number of nitrogens with zero attached hydrogens (tertiary/aromatic N) is 2. The Hall–Kier alpha value is -2.53. The van der Waals surface area contributed by atoms with Crippen LogP contribution in [-0.2, 0) is 11.3 Å². The van der Waals surface area contributed by atoms with E-state index in [1.54, 1.807) is 7.11 Å². The van der Waals surface area contributed by atoms with Crippen molar-refractivity contribution in [3.63, 3.8) is 0 Å². The fraction of sp³-hybridized carbons (Fsp3) is 0.435. The van der Waals surface area contributed by atoms with E-state index in [1.165, 1.54) is 12.8 Å². The topological polar surface area (TPSA) is 42.0 Å². The number of amides is 1. The zero-order valence-electron chi connectivity index (χ0n) is 16.2. The normalized spacial score (nSPS) is 24.3. The maximum Gasteiger partial charge on any atom is 0.244 e. The molecule has 2 heterocycles. The lowest BCUT2D eigenvalue weighted by atomic mass is 10.1. The number of ether oxygens (including phenoxy) is 2. The van der Waals surface area contributed by atoms with Crippen molar-refractivity contribution in [1.29, 1.82) is 0 Å². The van der Waals surface area contributed by atoms with Crippen molar-refractivity contribution in [2.75, 3.05) is 25.1 Å². The second-order valence-corrected chi connectivity index (χ2v) is 8.09. The summed E-state index contributed by atoms with van der Waals surface area (Å²) in [7, 11) is 1.69. The molecule has 5 nitrogen and oxygen atoms in total. The maximum atomic E-state index is 13.6. The van der Waals surface area contributed by atoms with Crippen LogP contribution in [0.2, 0.25) is 0 Å². The number of likely N-dealkylation sites (tertiary alicyclic amines) is 1. The van der Waals surface area contributed by atoms with E-state index in [0.29, 0.717) is 12.5 Å². The number of benzene rings is 2. The van der Waals surface area contributed by atoms with Crippen molar-refractivity contribution in [3.8, 4) is 11.5 Å². The van der Waals surface area contributed by atoms with Crippen molar-refractivity contribution < 1.29 is 14.3 Å². The van der Waals surface area contributed by atoms with E-state index in [0.717, 1.165) is 42.3 Å². The molecule has 146 valence electrons. The van der Waals surface area contributed by atoms with Crippen LogP contribution in [0.3, 0.4) is 0 Å². The Morgan fingerprint density at radius 3 is 2.71 bits per heavy atom. The largest absolute Gasteiger partial charge is 0.496 e. The highest BCUT2D eigenvalue weighted by Gasteiger charge is 2.44.